The summed E-state index contributed by atoms with van der Waals surface area (Å²) in [5.41, 5.74) is 6.10. The van der Waals surface area contributed by atoms with Gasteiger partial charge in [0.15, 0.2) is 0 Å². The highest BCUT2D eigenvalue weighted by Crippen LogP contribution is 2.30. The van der Waals surface area contributed by atoms with Crippen molar-refractivity contribution in [3.05, 3.63) is 0 Å². The summed E-state index contributed by atoms with van der Waals surface area (Å²) in [6, 6.07) is 0. The highest BCUT2D eigenvalue weighted by molar-refractivity contribution is 7.90. The number of nitrogens with zero attached hydrogens (tertiary/aromatic N) is 2. The Morgan fingerprint density at radius 3 is 2.37 bits per heavy atom. The van der Waals surface area contributed by atoms with Crippen LogP contribution >= 0.6 is 0 Å². The second-order valence-electron chi connectivity index (χ2n) is 5.96. The van der Waals surface area contributed by atoms with E-state index in [9.17, 15) is 13.2 Å². The number of hydrogen-bond donors (Lipinski definition) is 1. The minimum atomic E-state index is -3.11. The number of carbonyl (C=O) groups excluding carboxylic acids is 1. The lowest BCUT2D eigenvalue weighted by Gasteiger charge is -2.21. The summed E-state index contributed by atoms with van der Waals surface area (Å²) in [5, 5.41) is 5.60. The van der Waals surface area contributed by atoms with Crippen LogP contribution in [0.1, 0.15) is 27.2 Å². The quantitative estimate of drug-likeness (QED) is 0.784. The fraction of sp³-hybridized carbons (Fsp3) is 0.833. The molecule has 0 aromatic rings. The molecule has 1 aliphatic rings. The van der Waals surface area contributed by atoms with Gasteiger partial charge in [-0.1, -0.05) is 20.8 Å². The van der Waals surface area contributed by atoms with Crippen LogP contribution in [0.25, 0.3) is 0 Å². The third-order valence-corrected chi connectivity index (χ3v) is 3.93. The van der Waals surface area contributed by atoms with Crippen molar-refractivity contribution < 1.29 is 13.2 Å². The molecule has 0 bridgehead atoms. The maximum Gasteiger partial charge on any atom is 0.251 e. The molecule has 0 spiro atoms. The van der Waals surface area contributed by atoms with E-state index in [0.717, 1.165) is 12.0 Å². The lowest BCUT2D eigenvalue weighted by atomic mass is 9.81. The van der Waals surface area contributed by atoms with E-state index in [-0.39, 0.29) is 29.5 Å². The topological polar surface area (TPSA) is 92.8 Å². The molecule has 1 amide bonds. The van der Waals surface area contributed by atoms with Gasteiger partial charge in [0.05, 0.1) is 23.9 Å². The van der Waals surface area contributed by atoms with Crippen LogP contribution < -0.4 is 5.73 Å². The summed E-state index contributed by atoms with van der Waals surface area (Å²) >= 11 is 0. The van der Waals surface area contributed by atoms with Crippen molar-refractivity contribution in [3.8, 4) is 0 Å². The Balaban J connectivity index is 2.91. The summed E-state index contributed by atoms with van der Waals surface area (Å²) in [5.74, 6) is -0.529. The molecule has 0 fully saturated rings. The van der Waals surface area contributed by atoms with Gasteiger partial charge in [0.1, 0.15) is 9.84 Å². The molecule has 1 atom stereocenters. The molecule has 0 radical (unpaired) electrons. The zero-order valence-corrected chi connectivity index (χ0v) is 12.8. The first-order valence-electron chi connectivity index (χ1n) is 6.34. The Bertz CT molecular complexity index is 477. The van der Waals surface area contributed by atoms with Gasteiger partial charge in [-0.3, -0.25) is 4.79 Å². The zero-order chi connectivity index (χ0) is 14.8. The number of sulfone groups is 1. The first kappa shape index (κ1) is 16.1. The molecule has 7 heteroatoms. The molecular formula is C12H23N3O3S. The molecule has 0 aliphatic carbocycles. The highest BCUT2D eigenvalue weighted by Gasteiger charge is 2.40. The molecule has 2 N–H and O–H groups in total. The summed E-state index contributed by atoms with van der Waals surface area (Å²) in [6.45, 7) is 6.48. The standard InChI is InChI=1S/C12H23N3O3S/c1-12(2,3)10-9(5-6-13)11(16)15(14-10)7-8-19(4,17)18/h9H,5-8,13H2,1-4H3. The van der Waals surface area contributed by atoms with E-state index in [0.29, 0.717) is 13.0 Å². The number of nitrogens with two attached hydrogens (primary N) is 1. The second-order valence-corrected chi connectivity index (χ2v) is 8.22. The van der Waals surface area contributed by atoms with E-state index in [1.165, 1.54) is 5.01 Å². The third-order valence-electron chi connectivity index (χ3n) is 3.01. The summed E-state index contributed by atoms with van der Waals surface area (Å²) < 4.78 is 22.3. The molecule has 0 aromatic heterocycles. The van der Waals surface area contributed by atoms with Crippen molar-refractivity contribution in [2.45, 2.75) is 27.2 Å². The second kappa shape index (κ2) is 5.58. The Kier molecular flexibility index (Phi) is 4.73. The molecule has 1 aliphatic heterocycles. The van der Waals surface area contributed by atoms with Crippen LogP contribution in [-0.4, -0.2) is 50.1 Å². The van der Waals surface area contributed by atoms with Crippen LogP contribution in [-0.2, 0) is 14.6 Å². The van der Waals surface area contributed by atoms with Gasteiger partial charge in [0.25, 0.3) is 5.91 Å². The minimum absolute atomic E-state index is 0.0744. The Hall–Kier alpha value is -0.950. The lowest BCUT2D eigenvalue weighted by molar-refractivity contribution is -0.131. The van der Waals surface area contributed by atoms with Crippen molar-refractivity contribution in [1.29, 1.82) is 0 Å². The number of carbonyl (C=O) groups is 1. The highest BCUT2D eigenvalue weighted by atomic mass is 32.2. The molecular weight excluding hydrogens is 266 g/mol. The summed E-state index contributed by atoms with van der Waals surface area (Å²) in [7, 11) is -3.11. The van der Waals surface area contributed by atoms with E-state index in [4.69, 9.17) is 5.73 Å². The van der Waals surface area contributed by atoms with Gasteiger partial charge in [-0.15, -0.1) is 0 Å². The van der Waals surface area contributed by atoms with E-state index in [2.05, 4.69) is 5.10 Å². The van der Waals surface area contributed by atoms with Crippen LogP contribution in [0.4, 0.5) is 0 Å². The maximum atomic E-state index is 12.2. The minimum Gasteiger partial charge on any atom is -0.330 e. The van der Waals surface area contributed by atoms with Gasteiger partial charge in [0.2, 0.25) is 0 Å². The van der Waals surface area contributed by atoms with Crippen LogP contribution in [0, 0.1) is 11.3 Å². The van der Waals surface area contributed by atoms with Crippen LogP contribution in [0.2, 0.25) is 0 Å². The Morgan fingerprint density at radius 2 is 1.95 bits per heavy atom. The predicted molar refractivity (Wildman–Crippen MR) is 75.5 cm³/mol. The lowest BCUT2D eigenvalue weighted by Crippen LogP contribution is -2.34. The Morgan fingerprint density at radius 1 is 1.37 bits per heavy atom. The van der Waals surface area contributed by atoms with Crippen molar-refractivity contribution >= 4 is 21.5 Å². The molecule has 19 heavy (non-hydrogen) atoms. The normalized spacial score (nSPS) is 20.9. The average molecular weight is 289 g/mol. The molecule has 1 rings (SSSR count). The van der Waals surface area contributed by atoms with Crippen LogP contribution in [0.5, 0.6) is 0 Å². The van der Waals surface area contributed by atoms with Gasteiger partial charge in [0, 0.05) is 11.7 Å². The smallest absolute Gasteiger partial charge is 0.251 e. The van der Waals surface area contributed by atoms with Crippen molar-refractivity contribution in [3.63, 3.8) is 0 Å². The Labute approximate surface area is 114 Å². The van der Waals surface area contributed by atoms with E-state index >= 15 is 0 Å². The largest absolute Gasteiger partial charge is 0.330 e. The van der Waals surface area contributed by atoms with Crippen molar-refractivity contribution in [1.82, 2.24) is 5.01 Å². The van der Waals surface area contributed by atoms with Crippen LogP contribution in [0.15, 0.2) is 5.10 Å². The molecule has 6 nitrogen and oxygen atoms in total. The molecule has 0 aromatic carbocycles. The number of rotatable bonds is 5. The molecule has 0 saturated heterocycles. The van der Waals surface area contributed by atoms with E-state index < -0.39 is 9.84 Å². The van der Waals surface area contributed by atoms with Gasteiger partial charge in [-0.25, -0.2) is 13.4 Å². The first-order chi connectivity index (χ1) is 8.56. The monoisotopic (exact) mass is 289 g/mol. The van der Waals surface area contributed by atoms with E-state index in [1.54, 1.807) is 0 Å². The van der Waals surface area contributed by atoms with E-state index in [1.807, 2.05) is 20.8 Å². The van der Waals surface area contributed by atoms with Crippen molar-refractivity contribution in [2.75, 3.05) is 25.1 Å². The first-order valence-corrected chi connectivity index (χ1v) is 8.40. The van der Waals surface area contributed by atoms with Crippen LogP contribution in [0.3, 0.4) is 0 Å². The molecule has 1 unspecified atom stereocenters. The molecule has 0 saturated carbocycles. The predicted octanol–water partition coefficient (Wildman–Crippen LogP) is 0.240. The maximum absolute atomic E-state index is 12.2. The van der Waals surface area contributed by atoms with Crippen molar-refractivity contribution in [2.24, 2.45) is 22.2 Å². The zero-order valence-electron chi connectivity index (χ0n) is 12.0. The number of hydrazone groups is 1. The van der Waals surface area contributed by atoms with Gasteiger partial charge < -0.3 is 5.73 Å². The molecule has 110 valence electrons. The van der Waals surface area contributed by atoms with Gasteiger partial charge >= 0.3 is 0 Å². The fourth-order valence-corrected chi connectivity index (χ4v) is 2.56. The molecule has 1 heterocycles. The summed E-state index contributed by atoms with van der Waals surface area (Å²) in [6.07, 6.45) is 1.70. The number of amides is 1. The summed E-state index contributed by atoms with van der Waals surface area (Å²) in [4.78, 5) is 12.2. The van der Waals surface area contributed by atoms with Gasteiger partial charge in [-0.05, 0) is 13.0 Å². The third kappa shape index (κ3) is 4.28. The SMILES string of the molecule is CC(C)(C)C1=NN(CCS(C)(=O)=O)C(=O)C1CCN. The average Bonchev–Trinajstić information content (AvgIpc) is 2.53. The van der Waals surface area contributed by atoms with Gasteiger partial charge in [-0.2, -0.15) is 5.10 Å². The number of hydrogen-bond acceptors (Lipinski definition) is 5. The fourth-order valence-electron chi connectivity index (χ4n) is 2.06.